The highest BCUT2D eigenvalue weighted by Crippen LogP contribution is 2.28. The van der Waals surface area contributed by atoms with E-state index in [1.54, 1.807) is 0 Å². The van der Waals surface area contributed by atoms with Gasteiger partial charge in [0.1, 0.15) is 9.84 Å². The van der Waals surface area contributed by atoms with Crippen LogP contribution in [0.3, 0.4) is 0 Å². The smallest absolute Gasteiger partial charge is 0.225 e. The Labute approximate surface area is 119 Å². The summed E-state index contributed by atoms with van der Waals surface area (Å²) in [6.07, 6.45) is 1.84. The maximum atomic E-state index is 12.2. The van der Waals surface area contributed by atoms with Crippen LogP contribution in [0.4, 0.5) is 5.69 Å². The van der Waals surface area contributed by atoms with Gasteiger partial charge in [-0.05, 0) is 25.0 Å². The molecule has 0 spiro atoms. The number of rotatable bonds is 4. The second kappa shape index (κ2) is 5.83. The average Bonchev–Trinajstić information content (AvgIpc) is 2.36. The standard InChI is InChI=1S/C14H20N2O3S/c1-10-12(14(17)15-7-8-20(2,18)19)9-11-5-3-4-6-13(11)16-10/h3-6,10,12,16H,7-9H2,1-2H3,(H,15,17). The Bertz CT molecular complexity index is 598. The lowest BCUT2D eigenvalue weighted by Gasteiger charge is -2.31. The predicted molar refractivity (Wildman–Crippen MR) is 79.4 cm³/mol. The molecule has 1 heterocycles. The SMILES string of the molecule is CC1Nc2ccccc2CC1C(=O)NCCS(C)(=O)=O. The molecule has 0 saturated heterocycles. The van der Waals surface area contributed by atoms with Gasteiger partial charge < -0.3 is 10.6 Å². The van der Waals surface area contributed by atoms with E-state index in [2.05, 4.69) is 10.6 Å². The van der Waals surface area contributed by atoms with Gasteiger partial charge in [0.25, 0.3) is 0 Å². The van der Waals surface area contributed by atoms with Gasteiger partial charge in [0, 0.05) is 24.5 Å². The van der Waals surface area contributed by atoms with Crippen LogP contribution in [0.15, 0.2) is 24.3 Å². The van der Waals surface area contributed by atoms with Crippen molar-refractivity contribution in [2.75, 3.05) is 23.9 Å². The second-order valence-electron chi connectivity index (χ2n) is 5.32. The molecule has 5 nitrogen and oxygen atoms in total. The van der Waals surface area contributed by atoms with E-state index in [0.717, 1.165) is 11.3 Å². The molecule has 0 saturated carbocycles. The first-order valence-electron chi connectivity index (χ1n) is 6.67. The first-order chi connectivity index (χ1) is 9.37. The van der Waals surface area contributed by atoms with Gasteiger partial charge in [0.15, 0.2) is 0 Å². The molecule has 110 valence electrons. The summed E-state index contributed by atoms with van der Waals surface area (Å²) in [6.45, 7) is 2.14. The third-order valence-corrected chi connectivity index (χ3v) is 4.50. The highest BCUT2D eigenvalue weighted by Gasteiger charge is 2.30. The summed E-state index contributed by atoms with van der Waals surface area (Å²) in [5.74, 6) is -0.295. The molecular weight excluding hydrogens is 276 g/mol. The molecule has 0 radical (unpaired) electrons. The maximum Gasteiger partial charge on any atom is 0.225 e. The van der Waals surface area contributed by atoms with Gasteiger partial charge in [-0.2, -0.15) is 0 Å². The third kappa shape index (κ3) is 3.72. The highest BCUT2D eigenvalue weighted by atomic mass is 32.2. The van der Waals surface area contributed by atoms with E-state index >= 15 is 0 Å². The third-order valence-electron chi connectivity index (χ3n) is 3.55. The van der Waals surface area contributed by atoms with Crippen LogP contribution in [0.5, 0.6) is 0 Å². The van der Waals surface area contributed by atoms with Crippen LogP contribution in [0, 0.1) is 5.92 Å². The van der Waals surface area contributed by atoms with Crippen LogP contribution in [0.25, 0.3) is 0 Å². The molecule has 1 aromatic rings. The fraction of sp³-hybridized carbons (Fsp3) is 0.500. The maximum absolute atomic E-state index is 12.2. The minimum atomic E-state index is -3.04. The summed E-state index contributed by atoms with van der Waals surface area (Å²) in [6, 6.07) is 7.96. The lowest BCUT2D eigenvalue weighted by atomic mass is 9.87. The number of anilines is 1. The van der Waals surface area contributed by atoms with E-state index in [0.29, 0.717) is 6.42 Å². The molecule has 0 aromatic heterocycles. The van der Waals surface area contributed by atoms with Gasteiger partial charge in [-0.15, -0.1) is 0 Å². The fourth-order valence-electron chi connectivity index (χ4n) is 2.41. The minimum absolute atomic E-state index is 0.0240. The number of benzene rings is 1. The van der Waals surface area contributed by atoms with Crippen molar-refractivity contribution < 1.29 is 13.2 Å². The van der Waals surface area contributed by atoms with Gasteiger partial charge in [-0.3, -0.25) is 4.79 Å². The van der Waals surface area contributed by atoms with Crippen molar-refractivity contribution in [1.82, 2.24) is 5.32 Å². The van der Waals surface area contributed by atoms with Crippen LogP contribution in [-0.2, 0) is 21.1 Å². The van der Waals surface area contributed by atoms with E-state index in [-0.39, 0.29) is 30.2 Å². The van der Waals surface area contributed by atoms with Gasteiger partial charge >= 0.3 is 0 Å². The molecule has 6 heteroatoms. The average molecular weight is 296 g/mol. The van der Waals surface area contributed by atoms with Crippen LogP contribution in [0.1, 0.15) is 12.5 Å². The van der Waals surface area contributed by atoms with Gasteiger partial charge in [0.05, 0.1) is 11.7 Å². The van der Waals surface area contributed by atoms with E-state index in [4.69, 9.17) is 0 Å². The van der Waals surface area contributed by atoms with Crippen molar-refractivity contribution in [3.05, 3.63) is 29.8 Å². The van der Waals surface area contributed by atoms with Crippen molar-refractivity contribution in [3.8, 4) is 0 Å². The van der Waals surface area contributed by atoms with Crippen LogP contribution >= 0.6 is 0 Å². The Hall–Kier alpha value is -1.56. The summed E-state index contributed by atoms with van der Waals surface area (Å²) >= 11 is 0. The molecule has 0 bridgehead atoms. The topological polar surface area (TPSA) is 75.3 Å². The van der Waals surface area contributed by atoms with Crippen LogP contribution < -0.4 is 10.6 Å². The summed E-state index contributed by atoms with van der Waals surface area (Å²) in [7, 11) is -3.04. The number of amides is 1. The zero-order valence-electron chi connectivity index (χ0n) is 11.7. The van der Waals surface area contributed by atoms with E-state index in [9.17, 15) is 13.2 Å². The Morgan fingerprint density at radius 3 is 2.80 bits per heavy atom. The number of nitrogens with one attached hydrogen (secondary N) is 2. The Balaban J connectivity index is 1.97. The number of sulfone groups is 1. The van der Waals surface area contributed by atoms with Crippen molar-refractivity contribution in [2.45, 2.75) is 19.4 Å². The molecular formula is C14H20N2O3S. The molecule has 1 aliphatic heterocycles. The number of hydrogen-bond donors (Lipinski definition) is 2. The first-order valence-corrected chi connectivity index (χ1v) is 8.73. The highest BCUT2D eigenvalue weighted by molar-refractivity contribution is 7.90. The molecule has 0 fully saturated rings. The molecule has 2 atom stereocenters. The molecule has 1 aliphatic rings. The molecule has 2 rings (SSSR count). The quantitative estimate of drug-likeness (QED) is 0.862. The number of fused-ring (bicyclic) bond motifs is 1. The van der Waals surface area contributed by atoms with E-state index < -0.39 is 9.84 Å². The Morgan fingerprint density at radius 1 is 1.40 bits per heavy atom. The second-order valence-corrected chi connectivity index (χ2v) is 7.58. The van der Waals surface area contributed by atoms with Crippen molar-refractivity contribution in [1.29, 1.82) is 0 Å². The van der Waals surface area contributed by atoms with Gasteiger partial charge in [-0.25, -0.2) is 8.42 Å². The summed E-state index contributed by atoms with van der Waals surface area (Å²) in [5.41, 5.74) is 2.19. The number of hydrogen-bond acceptors (Lipinski definition) is 4. The number of carbonyl (C=O) groups is 1. The molecule has 20 heavy (non-hydrogen) atoms. The first kappa shape index (κ1) is 14.8. The van der Waals surface area contributed by atoms with Crippen molar-refractivity contribution >= 4 is 21.4 Å². The predicted octanol–water partition coefficient (Wildman–Crippen LogP) is 0.820. The fourth-order valence-corrected chi connectivity index (χ4v) is 2.88. The van der Waals surface area contributed by atoms with Crippen LogP contribution in [-0.4, -0.2) is 38.9 Å². The number of para-hydroxylation sites is 1. The summed E-state index contributed by atoms with van der Waals surface area (Å²) < 4.78 is 22.1. The summed E-state index contributed by atoms with van der Waals surface area (Å²) in [5, 5.41) is 6.03. The molecule has 1 aromatic carbocycles. The van der Waals surface area contributed by atoms with Crippen LogP contribution in [0.2, 0.25) is 0 Å². The Morgan fingerprint density at radius 2 is 2.10 bits per heavy atom. The van der Waals surface area contributed by atoms with Crippen molar-refractivity contribution in [3.63, 3.8) is 0 Å². The lowest BCUT2D eigenvalue weighted by Crippen LogP contribution is -2.44. The minimum Gasteiger partial charge on any atom is -0.382 e. The van der Waals surface area contributed by atoms with E-state index in [1.807, 2.05) is 31.2 Å². The monoisotopic (exact) mass is 296 g/mol. The zero-order valence-corrected chi connectivity index (χ0v) is 12.5. The molecule has 2 unspecified atom stereocenters. The molecule has 2 N–H and O–H groups in total. The van der Waals surface area contributed by atoms with E-state index in [1.165, 1.54) is 6.26 Å². The van der Waals surface area contributed by atoms with Crippen molar-refractivity contribution in [2.24, 2.45) is 5.92 Å². The zero-order chi connectivity index (χ0) is 14.8. The normalized spacial score (nSPS) is 21.7. The summed E-state index contributed by atoms with van der Waals surface area (Å²) in [4.78, 5) is 12.2. The Kier molecular flexibility index (Phi) is 4.32. The molecule has 0 aliphatic carbocycles. The molecule has 1 amide bonds. The van der Waals surface area contributed by atoms with Gasteiger partial charge in [-0.1, -0.05) is 18.2 Å². The van der Waals surface area contributed by atoms with Gasteiger partial charge in [0.2, 0.25) is 5.91 Å². The number of carbonyl (C=O) groups excluding carboxylic acids is 1. The largest absolute Gasteiger partial charge is 0.382 e. The lowest BCUT2D eigenvalue weighted by molar-refractivity contribution is -0.125.